The number of rotatable bonds is 1. The summed E-state index contributed by atoms with van der Waals surface area (Å²) in [5.41, 5.74) is 0.826. The second-order valence-electron chi connectivity index (χ2n) is 1.36. The van der Waals surface area contributed by atoms with Crippen LogP contribution in [0.25, 0.3) is 6.08 Å². The summed E-state index contributed by atoms with van der Waals surface area (Å²) in [5.74, 6) is 0. The molecule has 1 aromatic rings. The van der Waals surface area contributed by atoms with Crippen molar-refractivity contribution < 1.29 is 32.7 Å². The molecule has 1 nitrogen and oxygen atoms in total. The fourth-order valence-electron chi connectivity index (χ4n) is 0.428. The summed E-state index contributed by atoms with van der Waals surface area (Å²) in [6.45, 7) is 5.15. The van der Waals surface area contributed by atoms with Crippen LogP contribution in [-0.4, -0.2) is 4.98 Å². The minimum Gasteiger partial charge on any atom is -0.379 e. The van der Waals surface area contributed by atoms with Crippen LogP contribution < -0.4 is 0 Å². The van der Waals surface area contributed by atoms with Crippen molar-refractivity contribution in [3.8, 4) is 0 Å². The first kappa shape index (κ1) is 8.99. The van der Waals surface area contributed by atoms with E-state index >= 15 is 0 Å². The molecule has 0 bridgehead atoms. The zero-order valence-corrected chi connectivity index (χ0v) is 7.75. The Morgan fingerprint density at radius 3 is 2.78 bits per heavy atom. The van der Waals surface area contributed by atoms with Crippen LogP contribution in [0.1, 0.15) is 5.56 Å². The average Bonchev–Trinajstić information content (AvgIpc) is 1.90. The maximum atomic E-state index is 5.15. The molecule has 0 aliphatic rings. The molecular weight excluding hydrogens is 187 g/mol. The predicted octanol–water partition coefficient (Wildman–Crippen LogP) is 1.33. The molecule has 0 aliphatic heterocycles. The van der Waals surface area contributed by atoms with Crippen LogP contribution in [0.3, 0.4) is 0 Å². The van der Waals surface area contributed by atoms with Crippen molar-refractivity contribution in [2.45, 2.75) is 0 Å². The van der Waals surface area contributed by atoms with Crippen molar-refractivity contribution in [1.29, 1.82) is 0 Å². The van der Waals surface area contributed by atoms with Crippen molar-refractivity contribution in [3.05, 3.63) is 36.7 Å². The van der Waals surface area contributed by atoms with Crippen LogP contribution in [0.15, 0.2) is 18.5 Å². The zero-order valence-electron chi connectivity index (χ0n) is 4.91. The van der Waals surface area contributed by atoms with Crippen LogP contribution in [0, 0.1) is 12.6 Å². The Morgan fingerprint density at radius 1 is 1.67 bits per heavy atom. The van der Waals surface area contributed by atoms with Gasteiger partial charge in [0.25, 0.3) is 0 Å². The molecule has 0 amide bonds. The molecule has 1 radical (unpaired) electrons. The zero-order chi connectivity index (χ0) is 5.82. The van der Waals surface area contributed by atoms with Gasteiger partial charge in [-0.05, 0) is 0 Å². The summed E-state index contributed by atoms with van der Waals surface area (Å²) in [7, 11) is 0. The Labute approximate surface area is 80.1 Å². The SMILES string of the molecule is [CH-]=Cc1[c-]ccnc1.[Y]. The molecule has 9 heavy (non-hydrogen) atoms. The average molecular weight is 192 g/mol. The van der Waals surface area contributed by atoms with E-state index in [9.17, 15) is 0 Å². The molecule has 0 unspecified atom stereocenters. The summed E-state index contributed by atoms with van der Waals surface area (Å²) < 4.78 is 0. The summed E-state index contributed by atoms with van der Waals surface area (Å²) in [4.78, 5) is 3.81. The normalized spacial score (nSPS) is 7.56. The van der Waals surface area contributed by atoms with Crippen LogP contribution >= 0.6 is 0 Å². The van der Waals surface area contributed by atoms with Crippen molar-refractivity contribution in [2.24, 2.45) is 0 Å². The third kappa shape index (κ3) is 2.88. The topological polar surface area (TPSA) is 12.9 Å². The van der Waals surface area contributed by atoms with Crippen molar-refractivity contribution >= 4 is 6.08 Å². The Hall–Kier alpha value is -0.00610. The first-order valence-electron chi connectivity index (χ1n) is 2.30. The smallest absolute Gasteiger partial charge is 0 e. The largest absolute Gasteiger partial charge is 0.379 e. The molecule has 0 aliphatic carbocycles. The summed E-state index contributed by atoms with van der Waals surface area (Å²) in [5, 5.41) is 0. The van der Waals surface area contributed by atoms with E-state index < -0.39 is 0 Å². The van der Waals surface area contributed by atoms with Crippen LogP contribution in [0.2, 0.25) is 0 Å². The van der Waals surface area contributed by atoms with Gasteiger partial charge in [0.05, 0.1) is 0 Å². The Balaban J connectivity index is 0.000000640. The van der Waals surface area contributed by atoms with Gasteiger partial charge < -0.3 is 17.6 Å². The van der Waals surface area contributed by atoms with Gasteiger partial charge in [0.2, 0.25) is 0 Å². The number of pyridine rings is 1. The second-order valence-corrected chi connectivity index (χ2v) is 1.36. The molecule has 1 aromatic heterocycles. The van der Waals surface area contributed by atoms with E-state index in [0.717, 1.165) is 5.56 Å². The molecule has 1 rings (SSSR count). The van der Waals surface area contributed by atoms with Crippen LogP contribution in [-0.2, 0) is 32.7 Å². The molecule has 0 saturated carbocycles. The first-order valence-corrected chi connectivity index (χ1v) is 2.30. The van der Waals surface area contributed by atoms with Crippen molar-refractivity contribution in [2.75, 3.05) is 0 Å². The fraction of sp³-hybridized carbons (Fsp3) is 0. The van der Waals surface area contributed by atoms with Gasteiger partial charge >= 0.3 is 0 Å². The first-order chi connectivity index (χ1) is 3.93. The third-order valence-corrected chi connectivity index (χ3v) is 0.804. The summed E-state index contributed by atoms with van der Waals surface area (Å²) in [6, 6.07) is 4.60. The quantitative estimate of drug-likeness (QED) is 0.611. The van der Waals surface area contributed by atoms with Crippen molar-refractivity contribution in [3.63, 3.8) is 0 Å². The van der Waals surface area contributed by atoms with E-state index in [1.54, 1.807) is 18.5 Å². The molecular formula is C7H5NY-2. The molecule has 43 valence electrons. The number of aromatic nitrogens is 1. The molecule has 1 heterocycles. The molecule has 0 aromatic carbocycles. The molecule has 0 spiro atoms. The second kappa shape index (κ2) is 4.83. The van der Waals surface area contributed by atoms with Crippen molar-refractivity contribution in [1.82, 2.24) is 4.98 Å². The summed E-state index contributed by atoms with van der Waals surface area (Å²) in [6.07, 6.45) is 4.78. The molecule has 0 fully saturated rings. The molecule has 0 N–H and O–H groups in total. The number of hydrogen-bond donors (Lipinski definition) is 0. The molecule has 2 heteroatoms. The standard InChI is InChI=1S/C7H5N.Y/c1-2-7-4-3-5-8-6-7;/h1-3,5-6H;/q-2;. The van der Waals surface area contributed by atoms with Gasteiger partial charge in [-0.15, -0.1) is 12.3 Å². The maximum absolute atomic E-state index is 5.15. The van der Waals surface area contributed by atoms with E-state index in [1.165, 1.54) is 6.08 Å². The minimum atomic E-state index is 0. The van der Waals surface area contributed by atoms with Gasteiger partial charge in [0.15, 0.2) is 0 Å². The van der Waals surface area contributed by atoms with Crippen LogP contribution in [0.4, 0.5) is 0 Å². The third-order valence-electron chi connectivity index (χ3n) is 0.804. The summed E-state index contributed by atoms with van der Waals surface area (Å²) >= 11 is 0. The van der Waals surface area contributed by atoms with E-state index in [2.05, 4.69) is 11.1 Å². The van der Waals surface area contributed by atoms with E-state index in [4.69, 9.17) is 6.58 Å². The number of nitrogens with zero attached hydrogens (tertiary/aromatic N) is 1. The molecule has 0 atom stereocenters. The Morgan fingerprint density at radius 2 is 2.44 bits per heavy atom. The van der Waals surface area contributed by atoms with Gasteiger partial charge in [-0.1, -0.05) is 6.20 Å². The van der Waals surface area contributed by atoms with E-state index in [0.29, 0.717) is 0 Å². The van der Waals surface area contributed by atoms with E-state index in [1.807, 2.05) is 0 Å². The minimum absolute atomic E-state index is 0. The van der Waals surface area contributed by atoms with Gasteiger partial charge in [0.1, 0.15) is 0 Å². The maximum Gasteiger partial charge on any atom is 0 e. The Bertz CT molecular complexity index is 172. The predicted molar refractivity (Wildman–Crippen MR) is 31.8 cm³/mol. The van der Waals surface area contributed by atoms with Crippen LogP contribution in [0.5, 0.6) is 0 Å². The van der Waals surface area contributed by atoms with Gasteiger partial charge in [0, 0.05) is 32.7 Å². The van der Waals surface area contributed by atoms with Gasteiger partial charge in [-0.2, -0.15) is 0 Å². The fourth-order valence-corrected chi connectivity index (χ4v) is 0.428. The van der Waals surface area contributed by atoms with Gasteiger partial charge in [-0.3, -0.25) is 5.56 Å². The number of hydrogen-bond acceptors (Lipinski definition) is 1. The van der Waals surface area contributed by atoms with E-state index in [-0.39, 0.29) is 32.7 Å². The Kier molecular flexibility index (Phi) is 4.83. The van der Waals surface area contributed by atoms with Gasteiger partial charge in [-0.25, -0.2) is 6.07 Å². The molecule has 0 saturated heterocycles. The monoisotopic (exact) mass is 192 g/mol.